The van der Waals surface area contributed by atoms with Crippen LogP contribution in [-0.2, 0) is 13.2 Å². The number of ether oxygens (including phenoxy) is 1. The SMILES string of the molecule is Cc1nc(COc2ccc(C(=O)N(C)Cc3ccccc3)cc2)cs1. The Kier molecular flexibility index (Phi) is 5.46. The van der Waals surface area contributed by atoms with Gasteiger partial charge in [0.25, 0.3) is 5.91 Å². The molecule has 0 fully saturated rings. The lowest BCUT2D eigenvalue weighted by molar-refractivity contribution is 0.0785. The fourth-order valence-electron chi connectivity index (χ4n) is 2.48. The summed E-state index contributed by atoms with van der Waals surface area (Å²) < 4.78 is 5.72. The average molecular weight is 352 g/mol. The van der Waals surface area contributed by atoms with Gasteiger partial charge in [0.1, 0.15) is 12.4 Å². The predicted octanol–water partition coefficient (Wildman–Crippen LogP) is 4.30. The van der Waals surface area contributed by atoms with Crippen molar-refractivity contribution < 1.29 is 9.53 Å². The van der Waals surface area contributed by atoms with Gasteiger partial charge in [-0.05, 0) is 36.8 Å². The van der Waals surface area contributed by atoms with E-state index in [4.69, 9.17) is 4.74 Å². The molecule has 0 saturated heterocycles. The molecule has 25 heavy (non-hydrogen) atoms. The number of aryl methyl sites for hydroxylation is 1. The normalized spacial score (nSPS) is 10.5. The van der Waals surface area contributed by atoms with E-state index in [1.54, 1.807) is 28.4 Å². The summed E-state index contributed by atoms with van der Waals surface area (Å²) in [6.45, 7) is 2.99. The summed E-state index contributed by atoms with van der Waals surface area (Å²) in [5.41, 5.74) is 2.68. The molecule has 1 heterocycles. The highest BCUT2D eigenvalue weighted by Crippen LogP contribution is 2.17. The summed E-state index contributed by atoms with van der Waals surface area (Å²) in [6, 6.07) is 17.2. The van der Waals surface area contributed by atoms with Gasteiger partial charge in [-0.15, -0.1) is 11.3 Å². The largest absolute Gasteiger partial charge is 0.487 e. The first-order chi connectivity index (χ1) is 12.1. The molecular formula is C20H20N2O2S. The number of thiazole rings is 1. The fraction of sp³-hybridized carbons (Fsp3) is 0.200. The van der Waals surface area contributed by atoms with E-state index in [0.717, 1.165) is 22.0 Å². The molecule has 1 aromatic heterocycles. The van der Waals surface area contributed by atoms with Crippen molar-refractivity contribution in [1.82, 2.24) is 9.88 Å². The van der Waals surface area contributed by atoms with Crippen molar-refractivity contribution in [2.75, 3.05) is 7.05 Å². The highest BCUT2D eigenvalue weighted by molar-refractivity contribution is 7.09. The van der Waals surface area contributed by atoms with Gasteiger partial charge in [0, 0.05) is 24.5 Å². The molecule has 0 radical (unpaired) electrons. The lowest BCUT2D eigenvalue weighted by atomic mass is 10.1. The Morgan fingerprint density at radius 2 is 1.84 bits per heavy atom. The van der Waals surface area contributed by atoms with Crippen molar-refractivity contribution in [3.63, 3.8) is 0 Å². The molecule has 3 aromatic rings. The molecule has 5 heteroatoms. The van der Waals surface area contributed by atoms with Gasteiger partial charge in [0.15, 0.2) is 0 Å². The molecule has 0 saturated carbocycles. The summed E-state index contributed by atoms with van der Waals surface area (Å²) in [5, 5.41) is 3.02. The summed E-state index contributed by atoms with van der Waals surface area (Å²) in [4.78, 5) is 18.6. The molecule has 0 aliphatic rings. The van der Waals surface area contributed by atoms with Crippen molar-refractivity contribution in [3.8, 4) is 5.75 Å². The second kappa shape index (κ2) is 7.94. The summed E-state index contributed by atoms with van der Waals surface area (Å²) >= 11 is 1.61. The maximum absolute atomic E-state index is 12.5. The molecule has 0 aliphatic heterocycles. The Morgan fingerprint density at radius 1 is 1.12 bits per heavy atom. The van der Waals surface area contributed by atoms with Crippen LogP contribution in [0, 0.1) is 6.92 Å². The quantitative estimate of drug-likeness (QED) is 0.664. The average Bonchev–Trinajstić information content (AvgIpc) is 3.06. The third kappa shape index (κ3) is 4.67. The second-order valence-corrected chi connectivity index (χ2v) is 6.88. The first kappa shape index (κ1) is 17.2. The summed E-state index contributed by atoms with van der Waals surface area (Å²) in [5.74, 6) is 0.721. The zero-order valence-electron chi connectivity index (χ0n) is 14.3. The number of nitrogens with zero attached hydrogens (tertiary/aromatic N) is 2. The lowest BCUT2D eigenvalue weighted by Crippen LogP contribution is -2.26. The van der Waals surface area contributed by atoms with Crippen LogP contribution in [0.15, 0.2) is 60.0 Å². The van der Waals surface area contributed by atoms with E-state index < -0.39 is 0 Å². The van der Waals surface area contributed by atoms with E-state index in [9.17, 15) is 4.79 Å². The molecule has 2 aromatic carbocycles. The van der Waals surface area contributed by atoms with Crippen LogP contribution in [0.5, 0.6) is 5.75 Å². The number of carbonyl (C=O) groups is 1. The van der Waals surface area contributed by atoms with Crippen molar-refractivity contribution >= 4 is 17.2 Å². The number of rotatable bonds is 6. The number of hydrogen-bond donors (Lipinski definition) is 0. The van der Waals surface area contributed by atoms with E-state index in [2.05, 4.69) is 4.98 Å². The van der Waals surface area contributed by atoms with Gasteiger partial charge in [-0.1, -0.05) is 30.3 Å². The zero-order chi connectivity index (χ0) is 17.6. The first-order valence-corrected chi connectivity index (χ1v) is 8.93. The maximum Gasteiger partial charge on any atom is 0.253 e. The highest BCUT2D eigenvalue weighted by atomic mass is 32.1. The van der Waals surface area contributed by atoms with Gasteiger partial charge >= 0.3 is 0 Å². The fourth-order valence-corrected chi connectivity index (χ4v) is 3.07. The van der Waals surface area contributed by atoms with Gasteiger partial charge in [-0.2, -0.15) is 0 Å². The minimum atomic E-state index is -0.00877. The van der Waals surface area contributed by atoms with Crippen LogP contribution in [-0.4, -0.2) is 22.8 Å². The number of amides is 1. The third-order valence-corrected chi connectivity index (χ3v) is 4.59. The van der Waals surface area contributed by atoms with E-state index in [1.807, 2.05) is 61.8 Å². The topological polar surface area (TPSA) is 42.4 Å². The third-order valence-electron chi connectivity index (χ3n) is 3.76. The van der Waals surface area contributed by atoms with Crippen LogP contribution in [0.2, 0.25) is 0 Å². The molecule has 0 atom stereocenters. The van der Waals surface area contributed by atoms with Crippen LogP contribution < -0.4 is 4.74 Å². The standard InChI is InChI=1S/C20H20N2O2S/c1-15-21-18(14-25-15)13-24-19-10-8-17(9-11-19)20(23)22(2)12-16-6-4-3-5-7-16/h3-11,14H,12-13H2,1-2H3. The predicted molar refractivity (Wildman–Crippen MR) is 99.9 cm³/mol. The number of carbonyl (C=O) groups excluding carboxylic acids is 1. The summed E-state index contributed by atoms with van der Waals surface area (Å²) in [6.07, 6.45) is 0. The van der Waals surface area contributed by atoms with Gasteiger partial charge in [0.2, 0.25) is 0 Å². The van der Waals surface area contributed by atoms with Gasteiger partial charge in [0.05, 0.1) is 10.7 Å². The molecule has 4 nitrogen and oxygen atoms in total. The Labute approximate surface area is 151 Å². The minimum Gasteiger partial charge on any atom is -0.487 e. The van der Waals surface area contributed by atoms with E-state index in [0.29, 0.717) is 18.7 Å². The number of hydrogen-bond acceptors (Lipinski definition) is 4. The van der Waals surface area contributed by atoms with Gasteiger partial charge in [-0.25, -0.2) is 4.98 Å². The van der Waals surface area contributed by atoms with Gasteiger partial charge < -0.3 is 9.64 Å². The molecule has 1 amide bonds. The first-order valence-electron chi connectivity index (χ1n) is 8.05. The van der Waals surface area contributed by atoms with Crippen LogP contribution in [0.4, 0.5) is 0 Å². The van der Waals surface area contributed by atoms with E-state index in [1.165, 1.54) is 0 Å². The monoisotopic (exact) mass is 352 g/mol. The Hall–Kier alpha value is -2.66. The van der Waals surface area contributed by atoms with E-state index in [-0.39, 0.29) is 5.91 Å². The van der Waals surface area contributed by atoms with Crippen molar-refractivity contribution in [2.24, 2.45) is 0 Å². The smallest absolute Gasteiger partial charge is 0.253 e. The number of benzene rings is 2. The second-order valence-electron chi connectivity index (χ2n) is 5.82. The summed E-state index contributed by atoms with van der Waals surface area (Å²) in [7, 11) is 1.81. The minimum absolute atomic E-state index is 0.00877. The van der Waals surface area contributed by atoms with Crippen molar-refractivity contribution in [3.05, 3.63) is 81.8 Å². The van der Waals surface area contributed by atoms with Crippen LogP contribution in [0.3, 0.4) is 0 Å². The molecule has 0 N–H and O–H groups in total. The van der Waals surface area contributed by atoms with Crippen molar-refractivity contribution in [2.45, 2.75) is 20.1 Å². The van der Waals surface area contributed by atoms with Crippen LogP contribution >= 0.6 is 11.3 Å². The molecule has 3 rings (SSSR count). The maximum atomic E-state index is 12.5. The zero-order valence-corrected chi connectivity index (χ0v) is 15.1. The van der Waals surface area contributed by atoms with Gasteiger partial charge in [-0.3, -0.25) is 4.79 Å². The molecule has 0 aliphatic carbocycles. The highest BCUT2D eigenvalue weighted by Gasteiger charge is 2.12. The molecule has 0 spiro atoms. The van der Waals surface area contributed by atoms with Crippen LogP contribution in [0.1, 0.15) is 26.6 Å². The molecular weight excluding hydrogens is 332 g/mol. The molecule has 0 bridgehead atoms. The van der Waals surface area contributed by atoms with Crippen LogP contribution in [0.25, 0.3) is 0 Å². The Bertz CT molecular complexity index is 828. The number of aromatic nitrogens is 1. The Balaban J connectivity index is 1.58. The van der Waals surface area contributed by atoms with E-state index >= 15 is 0 Å². The molecule has 0 unspecified atom stereocenters. The Morgan fingerprint density at radius 3 is 2.48 bits per heavy atom. The molecule has 128 valence electrons. The lowest BCUT2D eigenvalue weighted by Gasteiger charge is -2.17. The van der Waals surface area contributed by atoms with Crippen molar-refractivity contribution in [1.29, 1.82) is 0 Å².